The Morgan fingerprint density at radius 2 is 2.25 bits per heavy atom. The lowest BCUT2D eigenvalue weighted by molar-refractivity contribution is 0.0695. The molecule has 110 valence electrons. The second kappa shape index (κ2) is 6.59. The van der Waals surface area contributed by atoms with E-state index in [1.165, 1.54) is 12.5 Å². The van der Waals surface area contributed by atoms with E-state index in [1.54, 1.807) is 0 Å². The number of hydrogen-bond acceptors (Lipinski definition) is 3. The molecule has 1 fully saturated rings. The molecule has 1 aliphatic rings. The largest absolute Gasteiger partial charge is 0.478 e. The van der Waals surface area contributed by atoms with Gasteiger partial charge in [0.1, 0.15) is 6.26 Å². The van der Waals surface area contributed by atoms with Crippen LogP contribution in [-0.2, 0) is 0 Å². The Morgan fingerprint density at radius 1 is 1.45 bits per heavy atom. The van der Waals surface area contributed by atoms with Crippen molar-refractivity contribution in [3.63, 3.8) is 0 Å². The van der Waals surface area contributed by atoms with Gasteiger partial charge in [0.2, 0.25) is 0 Å². The van der Waals surface area contributed by atoms with Gasteiger partial charge in [-0.15, -0.1) is 0 Å². The monoisotopic (exact) mass is 279 g/mol. The summed E-state index contributed by atoms with van der Waals surface area (Å²) in [4.78, 5) is 22.8. The number of rotatable bonds is 6. The molecule has 5 heteroatoms. The maximum absolute atomic E-state index is 12.1. The summed E-state index contributed by atoms with van der Waals surface area (Å²) in [7, 11) is 0. The van der Waals surface area contributed by atoms with E-state index in [4.69, 9.17) is 9.52 Å². The molecule has 5 nitrogen and oxygen atoms in total. The van der Waals surface area contributed by atoms with Gasteiger partial charge < -0.3 is 14.8 Å². The van der Waals surface area contributed by atoms with Crippen LogP contribution in [0.25, 0.3) is 0 Å². The molecule has 2 atom stereocenters. The topological polar surface area (TPSA) is 79.5 Å². The zero-order valence-electron chi connectivity index (χ0n) is 11.7. The first-order chi connectivity index (χ1) is 9.61. The minimum atomic E-state index is -1.09. The van der Waals surface area contributed by atoms with Gasteiger partial charge in [-0.1, -0.05) is 26.2 Å². The minimum absolute atomic E-state index is 0.00380. The molecular formula is C15H21NO4. The summed E-state index contributed by atoms with van der Waals surface area (Å²) in [5.74, 6) is -0.795. The fourth-order valence-corrected chi connectivity index (χ4v) is 2.85. The number of carboxylic acid groups (broad SMARTS) is 1. The highest BCUT2D eigenvalue weighted by Crippen LogP contribution is 2.30. The minimum Gasteiger partial charge on any atom is -0.478 e. The maximum Gasteiger partial charge on any atom is 0.338 e. The highest BCUT2D eigenvalue weighted by molar-refractivity contribution is 5.95. The summed E-state index contributed by atoms with van der Waals surface area (Å²) in [5, 5.41) is 11.8. The molecule has 2 unspecified atom stereocenters. The molecule has 2 N–H and O–H groups in total. The van der Waals surface area contributed by atoms with Gasteiger partial charge in [-0.25, -0.2) is 4.79 Å². The second-order valence-corrected chi connectivity index (χ2v) is 5.42. The fraction of sp³-hybridized carbons (Fsp3) is 0.600. The number of carbonyl (C=O) groups excluding carboxylic acids is 1. The number of hydrogen-bond donors (Lipinski definition) is 2. The van der Waals surface area contributed by atoms with Gasteiger partial charge in [-0.3, -0.25) is 4.79 Å². The van der Waals surface area contributed by atoms with Crippen molar-refractivity contribution in [1.29, 1.82) is 0 Å². The van der Waals surface area contributed by atoms with E-state index in [-0.39, 0.29) is 23.3 Å². The summed E-state index contributed by atoms with van der Waals surface area (Å²) >= 11 is 0. The fourth-order valence-electron chi connectivity index (χ4n) is 2.85. The molecule has 1 saturated carbocycles. The predicted octanol–water partition coefficient (Wildman–Crippen LogP) is 3.07. The molecule has 2 rings (SSSR count). The van der Waals surface area contributed by atoms with Gasteiger partial charge in [0.15, 0.2) is 5.76 Å². The van der Waals surface area contributed by atoms with E-state index < -0.39 is 5.97 Å². The third-order valence-electron chi connectivity index (χ3n) is 3.97. The Morgan fingerprint density at radius 3 is 2.90 bits per heavy atom. The summed E-state index contributed by atoms with van der Waals surface area (Å²) < 4.78 is 5.02. The molecule has 0 bridgehead atoms. The molecule has 0 spiro atoms. The van der Waals surface area contributed by atoms with Crippen molar-refractivity contribution in [2.24, 2.45) is 5.92 Å². The average molecular weight is 279 g/mol. The summed E-state index contributed by atoms with van der Waals surface area (Å²) in [6.07, 6.45) is 7.87. The molecule has 1 amide bonds. The SMILES string of the molecule is CCCCC1CCCC1NC(=O)c1cc(C(=O)O)co1. The Bertz CT molecular complexity index is 480. The molecule has 0 saturated heterocycles. The standard InChI is InChI=1S/C15H21NO4/c1-2-3-5-10-6-4-7-12(10)16-14(17)13-8-11(9-20-13)15(18)19/h8-10,12H,2-7H2,1H3,(H,16,17)(H,18,19). The quantitative estimate of drug-likeness (QED) is 0.838. The number of furan rings is 1. The normalized spacial score (nSPS) is 21.9. The van der Waals surface area contributed by atoms with E-state index in [2.05, 4.69) is 12.2 Å². The third-order valence-corrected chi connectivity index (χ3v) is 3.97. The number of unbranched alkanes of at least 4 members (excludes halogenated alkanes) is 1. The molecule has 0 aromatic carbocycles. The van der Waals surface area contributed by atoms with E-state index in [0.29, 0.717) is 5.92 Å². The summed E-state index contributed by atoms with van der Waals surface area (Å²) in [6.45, 7) is 2.17. The molecule has 1 aromatic rings. The van der Waals surface area contributed by atoms with Crippen LogP contribution in [0.1, 0.15) is 66.4 Å². The van der Waals surface area contributed by atoms with Crippen molar-refractivity contribution in [2.75, 3.05) is 0 Å². The molecule has 0 aliphatic heterocycles. The molecule has 1 aliphatic carbocycles. The summed E-state index contributed by atoms with van der Waals surface area (Å²) in [5.41, 5.74) is 0.00380. The molecular weight excluding hydrogens is 258 g/mol. The zero-order chi connectivity index (χ0) is 14.5. The third kappa shape index (κ3) is 3.40. The lowest BCUT2D eigenvalue weighted by atomic mass is 9.97. The van der Waals surface area contributed by atoms with Gasteiger partial charge in [-0.05, 0) is 25.2 Å². The van der Waals surface area contributed by atoms with Crippen molar-refractivity contribution in [2.45, 2.75) is 51.5 Å². The van der Waals surface area contributed by atoms with Crippen LogP contribution in [0.15, 0.2) is 16.7 Å². The number of nitrogens with one attached hydrogen (secondary N) is 1. The average Bonchev–Trinajstić information content (AvgIpc) is 3.05. The van der Waals surface area contributed by atoms with Crippen molar-refractivity contribution in [3.8, 4) is 0 Å². The first-order valence-corrected chi connectivity index (χ1v) is 7.24. The first-order valence-electron chi connectivity index (χ1n) is 7.24. The van der Waals surface area contributed by atoms with Crippen LogP contribution in [0.4, 0.5) is 0 Å². The molecule has 0 radical (unpaired) electrons. The Hall–Kier alpha value is -1.78. The lowest BCUT2D eigenvalue weighted by Gasteiger charge is -2.20. The number of carbonyl (C=O) groups is 2. The number of carboxylic acids is 1. The molecule has 1 heterocycles. The second-order valence-electron chi connectivity index (χ2n) is 5.42. The van der Waals surface area contributed by atoms with Crippen LogP contribution in [0, 0.1) is 5.92 Å². The van der Waals surface area contributed by atoms with Crippen molar-refractivity contribution < 1.29 is 19.1 Å². The van der Waals surface area contributed by atoms with Crippen LogP contribution in [-0.4, -0.2) is 23.0 Å². The smallest absolute Gasteiger partial charge is 0.338 e. The molecule has 1 aromatic heterocycles. The van der Waals surface area contributed by atoms with E-state index >= 15 is 0 Å². The predicted molar refractivity (Wildman–Crippen MR) is 73.8 cm³/mol. The summed E-state index contributed by atoms with van der Waals surface area (Å²) in [6, 6.07) is 1.46. The van der Waals surface area contributed by atoms with Gasteiger partial charge in [0.25, 0.3) is 5.91 Å². The van der Waals surface area contributed by atoms with E-state index in [9.17, 15) is 9.59 Å². The Labute approximate surface area is 118 Å². The zero-order valence-corrected chi connectivity index (χ0v) is 11.7. The Kier molecular flexibility index (Phi) is 4.82. The van der Waals surface area contributed by atoms with Crippen LogP contribution in [0.3, 0.4) is 0 Å². The maximum atomic E-state index is 12.1. The number of amides is 1. The van der Waals surface area contributed by atoms with Gasteiger partial charge in [-0.2, -0.15) is 0 Å². The van der Waals surface area contributed by atoms with E-state index in [0.717, 1.165) is 38.4 Å². The van der Waals surface area contributed by atoms with Gasteiger partial charge in [0.05, 0.1) is 5.56 Å². The van der Waals surface area contributed by atoms with Crippen molar-refractivity contribution >= 4 is 11.9 Å². The number of aromatic carboxylic acids is 1. The Balaban J connectivity index is 1.94. The highest BCUT2D eigenvalue weighted by Gasteiger charge is 2.29. The van der Waals surface area contributed by atoms with Gasteiger partial charge in [0, 0.05) is 12.1 Å². The van der Waals surface area contributed by atoms with Crippen LogP contribution >= 0.6 is 0 Å². The van der Waals surface area contributed by atoms with Crippen molar-refractivity contribution in [1.82, 2.24) is 5.32 Å². The lowest BCUT2D eigenvalue weighted by Crippen LogP contribution is -2.37. The van der Waals surface area contributed by atoms with Crippen LogP contribution in [0.5, 0.6) is 0 Å². The van der Waals surface area contributed by atoms with Crippen molar-refractivity contribution in [3.05, 3.63) is 23.7 Å². The van der Waals surface area contributed by atoms with Crippen LogP contribution in [0.2, 0.25) is 0 Å². The molecule has 20 heavy (non-hydrogen) atoms. The van der Waals surface area contributed by atoms with Gasteiger partial charge >= 0.3 is 5.97 Å². The first kappa shape index (κ1) is 14.6. The van der Waals surface area contributed by atoms with E-state index in [1.807, 2.05) is 0 Å². The highest BCUT2D eigenvalue weighted by atomic mass is 16.4. The van der Waals surface area contributed by atoms with Crippen LogP contribution < -0.4 is 5.32 Å².